The predicted molar refractivity (Wildman–Crippen MR) is 35.8 cm³/mol. The molecule has 0 saturated carbocycles. The lowest BCUT2D eigenvalue weighted by Gasteiger charge is -2.39. The van der Waals surface area contributed by atoms with Gasteiger partial charge in [0.2, 0.25) is 0 Å². The highest BCUT2D eigenvalue weighted by atomic mass is 16.6. The average Bonchev–Trinajstić information content (AvgIpc) is 1.96. The summed E-state index contributed by atoms with van der Waals surface area (Å²) in [5.41, 5.74) is 0. The number of rotatable bonds is 1. The van der Waals surface area contributed by atoms with Gasteiger partial charge in [0.15, 0.2) is 12.1 Å². The van der Waals surface area contributed by atoms with Crippen LogP contribution >= 0.6 is 0 Å². The second-order valence-electron chi connectivity index (χ2n) is 2.84. The summed E-state index contributed by atoms with van der Waals surface area (Å²) in [6, 6.07) is 0. The average molecular weight is 180 g/mol. The van der Waals surface area contributed by atoms with Gasteiger partial charge >= 0.3 is 0 Å². The summed E-state index contributed by atoms with van der Waals surface area (Å²) >= 11 is 0. The summed E-state index contributed by atoms with van der Waals surface area (Å²) < 4.78 is 4.62. The largest absolute Gasteiger partial charge is 0.394 e. The fourth-order valence-corrected chi connectivity index (χ4v) is 1.14. The molecule has 1 aliphatic heterocycles. The van der Waals surface area contributed by atoms with Crippen LogP contribution in [0.4, 0.5) is 0 Å². The Labute approximate surface area is 68.6 Å². The molecule has 1 heterocycles. The molecule has 0 aromatic heterocycles. The van der Waals surface area contributed by atoms with Crippen LogP contribution in [0.2, 0.25) is 0 Å². The van der Waals surface area contributed by atoms with Crippen molar-refractivity contribution < 1.29 is 30.3 Å². The normalized spacial score (nSPS) is 41.2. The highest BCUT2D eigenvalue weighted by Gasteiger charge is 2.46. The first-order valence-corrected chi connectivity index (χ1v) is 3.54. The minimum Gasteiger partial charge on any atom is -0.394 e. The Morgan fingerprint density at radius 2 is 1.92 bits per heavy atom. The van der Waals surface area contributed by atoms with Crippen molar-refractivity contribution in [1.82, 2.24) is 0 Å². The van der Waals surface area contributed by atoms with Crippen LogP contribution in [0, 0.1) is 0 Å². The van der Waals surface area contributed by atoms with Gasteiger partial charge in [0.05, 0.1) is 13.0 Å². The van der Waals surface area contributed by atoms with Crippen LogP contribution in [0.3, 0.4) is 0 Å². The summed E-state index contributed by atoms with van der Waals surface area (Å²) in [5.74, 6) is -2.40. The number of aliphatic hydroxyl groups is 5. The SMILES string of the molecule is OC[C@H]1O[C@H](O)CC(O)(O)[C@@H]1O. The highest BCUT2D eigenvalue weighted by molar-refractivity contribution is 4.87. The van der Waals surface area contributed by atoms with Crippen LogP contribution < -0.4 is 0 Å². The van der Waals surface area contributed by atoms with Gasteiger partial charge in [0.1, 0.15) is 12.2 Å². The molecule has 0 aromatic carbocycles. The van der Waals surface area contributed by atoms with Gasteiger partial charge in [-0.2, -0.15) is 0 Å². The van der Waals surface area contributed by atoms with Crippen molar-refractivity contribution in [3.63, 3.8) is 0 Å². The van der Waals surface area contributed by atoms with E-state index in [0.29, 0.717) is 0 Å². The van der Waals surface area contributed by atoms with Gasteiger partial charge in [0.25, 0.3) is 0 Å². The lowest BCUT2D eigenvalue weighted by molar-refractivity contribution is -0.335. The number of aliphatic hydroxyl groups excluding tert-OH is 3. The van der Waals surface area contributed by atoms with Crippen LogP contribution in [0.1, 0.15) is 6.42 Å². The molecule has 3 atom stereocenters. The van der Waals surface area contributed by atoms with Crippen LogP contribution in [-0.2, 0) is 4.74 Å². The maximum Gasteiger partial charge on any atom is 0.197 e. The lowest BCUT2D eigenvalue weighted by atomic mass is 9.98. The minimum atomic E-state index is -2.40. The maximum absolute atomic E-state index is 9.12. The standard InChI is InChI=1S/C6H12O6/c7-2-3-5(9)6(10,11)1-4(8)12-3/h3-5,7-11H,1-2H2/t3-,4+,5-/m1/s1. The Bertz CT molecular complexity index is 158. The Morgan fingerprint density at radius 1 is 1.33 bits per heavy atom. The van der Waals surface area contributed by atoms with E-state index < -0.39 is 37.3 Å². The van der Waals surface area contributed by atoms with Gasteiger partial charge < -0.3 is 30.3 Å². The first kappa shape index (κ1) is 9.85. The molecule has 0 bridgehead atoms. The van der Waals surface area contributed by atoms with E-state index in [2.05, 4.69) is 4.74 Å². The van der Waals surface area contributed by atoms with Crippen molar-refractivity contribution in [3.05, 3.63) is 0 Å². The smallest absolute Gasteiger partial charge is 0.197 e. The zero-order valence-corrected chi connectivity index (χ0v) is 6.29. The molecule has 1 fully saturated rings. The van der Waals surface area contributed by atoms with E-state index in [1.54, 1.807) is 0 Å². The Hall–Kier alpha value is -0.240. The molecule has 1 saturated heterocycles. The molecule has 0 spiro atoms. The first-order valence-electron chi connectivity index (χ1n) is 3.54. The van der Waals surface area contributed by atoms with Crippen molar-refractivity contribution in [2.45, 2.75) is 30.7 Å². The van der Waals surface area contributed by atoms with Gasteiger partial charge in [-0.05, 0) is 0 Å². The molecule has 72 valence electrons. The first-order chi connectivity index (χ1) is 5.47. The molecule has 0 radical (unpaired) electrons. The summed E-state index contributed by atoms with van der Waals surface area (Å²) in [6.07, 6.45) is -4.64. The highest BCUT2D eigenvalue weighted by Crippen LogP contribution is 2.25. The Morgan fingerprint density at radius 3 is 2.42 bits per heavy atom. The van der Waals surface area contributed by atoms with Crippen LogP contribution in [0.15, 0.2) is 0 Å². The molecule has 0 aromatic rings. The van der Waals surface area contributed by atoms with Gasteiger partial charge in [-0.3, -0.25) is 0 Å². The number of hydrogen-bond acceptors (Lipinski definition) is 6. The third-order valence-electron chi connectivity index (χ3n) is 1.81. The molecule has 5 N–H and O–H groups in total. The topological polar surface area (TPSA) is 110 Å². The molecule has 12 heavy (non-hydrogen) atoms. The van der Waals surface area contributed by atoms with Gasteiger partial charge in [-0.15, -0.1) is 0 Å². The fraction of sp³-hybridized carbons (Fsp3) is 1.00. The van der Waals surface area contributed by atoms with E-state index in [-0.39, 0.29) is 0 Å². The van der Waals surface area contributed by atoms with Crippen molar-refractivity contribution in [3.8, 4) is 0 Å². The van der Waals surface area contributed by atoms with Crippen molar-refractivity contribution in [2.75, 3.05) is 6.61 Å². The van der Waals surface area contributed by atoms with E-state index in [1.807, 2.05) is 0 Å². The zero-order valence-electron chi connectivity index (χ0n) is 6.29. The quantitative estimate of drug-likeness (QED) is 0.277. The van der Waals surface area contributed by atoms with E-state index in [1.165, 1.54) is 0 Å². The summed E-state index contributed by atoms with van der Waals surface area (Å²) in [5, 5.41) is 44.7. The molecular weight excluding hydrogens is 168 g/mol. The third kappa shape index (κ3) is 1.74. The second-order valence-corrected chi connectivity index (χ2v) is 2.84. The molecule has 6 heteroatoms. The van der Waals surface area contributed by atoms with E-state index >= 15 is 0 Å². The second kappa shape index (κ2) is 3.25. The third-order valence-corrected chi connectivity index (χ3v) is 1.81. The summed E-state index contributed by atoms with van der Waals surface area (Å²) in [7, 11) is 0. The van der Waals surface area contributed by atoms with E-state index in [9.17, 15) is 0 Å². The Balaban J connectivity index is 2.68. The number of ether oxygens (including phenoxy) is 1. The van der Waals surface area contributed by atoms with Crippen LogP contribution in [-0.4, -0.2) is 56.4 Å². The van der Waals surface area contributed by atoms with Gasteiger partial charge in [-0.25, -0.2) is 0 Å². The minimum absolute atomic E-state index is 0.495. The molecule has 6 nitrogen and oxygen atoms in total. The van der Waals surface area contributed by atoms with Crippen molar-refractivity contribution in [2.24, 2.45) is 0 Å². The number of hydrogen-bond donors (Lipinski definition) is 5. The van der Waals surface area contributed by atoms with Crippen molar-refractivity contribution in [1.29, 1.82) is 0 Å². The van der Waals surface area contributed by atoms with Crippen molar-refractivity contribution >= 4 is 0 Å². The molecule has 0 aliphatic carbocycles. The molecule has 0 amide bonds. The molecule has 1 aliphatic rings. The van der Waals surface area contributed by atoms with E-state index in [0.717, 1.165) is 0 Å². The predicted octanol–water partition coefficient (Wildman–Crippen LogP) is -2.87. The fourth-order valence-electron chi connectivity index (χ4n) is 1.14. The molecule has 1 rings (SSSR count). The van der Waals surface area contributed by atoms with Crippen LogP contribution in [0.25, 0.3) is 0 Å². The summed E-state index contributed by atoms with van der Waals surface area (Å²) in [4.78, 5) is 0. The summed E-state index contributed by atoms with van der Waals surface area (Å²) in [6.45, 7) is -0.582. The van der Waals surface area contributed by atoms with E-state index in [4.69, 9.17) is 25.5 Å². The molecule has 0 unspecified atom stereocenters. The maximum atomic E-state index is 9.12. The Kier molecular flexibility index (Phi) is 2.67. The van der Waals surface area contributed by atoms with Crippen LogP contribution in [0.5, 0.6) is 0 Å². The molecular formula is C6H12O6. The van der Waals surface area contributed by atoms with Gasteiger partial charge in [0, 0.05) is 0 Å². The van der Waals surface area contributed by atoms with Gasteiger partial charge in [-0.1, -0.05) is 0 Å². The zero-order chi connectivity index (χ0) is 9.35. The lowest BCUT2D eigenvalue weighted by Crippen LogP contribution is -2.58. The monoisotopic (exact) mass is 180 g/mol.